The van der Waals surface area contributed by atoms with Crippen molar-refractivity contribution in [2.24, 2.45) is 5.92 Å². The van der Waals surface area contributed by atoms with E-state index in [-0.39, 0.29) is 0 Å². The number of hydrogen-bond donors (Lipinski definition) is 1. The van der Waals surface area contributed by atoms with Crippen molar-refractivity contribution in [3.8, 4) is 5.88 Å². The third kappa shape index (κ3) is 2.36. The first-order valence-electron chi connectivity index (χ1n) is 6.26. The largest absolute Gasteiger partial charge is 0.481 e. The number of rotatable bonds is 4. The van der Waals surface area contributed by atoms with E-state index in [0.717, 1.165) is 24.8 Å². The number of pyridine rings is 1. The van der Waals surface area contributed by atoms with E-state index in [1.807, 2.05) is 18.2 Å². The molecular formula is C13H18N2O2. The highest BCUT2D eigenvalue weighted by Crippen LogP contribution is 2.39. The minimum Gasteiger partial charge on any atom is -0.481 e. The summed E-state index contributed by atoms with van der Waals surface area (Å²) in [5.74, 6) is 2.29. The lowest BCUT2D eigenvalue weighted by atomic mass is 10.1. The number of aromatic nitrogens is 1. The summed E-state index contributed by atoms with van der Waals surface area (Å²) in [5.41, 5.74) is 0. The van der Waals surface area contributed by atoms with Crippen LogP contribution in [-0.2, 0) is 4.74 Å². The van der Waals surface area contributed by atoms with Crippen LogP contribution < -0.4 is 10.1 Å². The first kappa shape index (κ1) is 10.8. The van der Waals surface area contributed by atoms with Crippen LogP contribution in [-0.4, -0.2) is 30.8 Å². The first-order valence-corrected chi connectivity index (χ1v) is 6.26. The van der Waals surface area contributed by atoms with E-state index in [0.29, 0.717) is 18.0 Å². The molecule has 0 radical (unpaired) electrons. The van der Waals surface area contributed by atoms with Crippen LogP contribution in [0.1, 0.15) is 19.3 Å². The maximum Gasteiger partial charge on any atom is 0.214 e. The Morgan fingerprint density at radius 2 is 2.24 bits per heavy atom. The Morgan fingerprint density at radius 1 is 1.35 bits per heavy atom. The van der Waals surface area contributed by atoms with Crippen molar-refractivity contribution in [1.29, 1.82) is 0 Å². The van der Waals surface area contributed by atoms with Crippen LogP contribution >= 0.6 is 0 Å². The van der Waals surface area contributed by atoms with Gasteiger partial charge in [-0.3, -0.25) is 0 Å². The monoisotopic (exact) mass is 234 g/mol. The normalized spacial score (nSPS) is 28.1. The SMILES string of the molecule is COc1cccc(NC2CCOC2C2CC2)n1. The Bertz CT molecular complexity index is 393. The van der Waals surface area contributed by atoms with Crippen molar-refractivity contribution in [3.05, 3.63) is 18.2 Å². The van der Waals surface area contributed by atoms with Crippen molar-refractivity contribution in [2.45, 2.75) is 31.4 Å². The number of ether oxygens (including phenoxy) is 2. The molecule has 4 heteroatoms. The van der Waals surface area contributed by atoms with E-state index in [1.165, 1.54) is 12.8 Å². The lowest BCUT2D eigenvalue weighted by molar-refractivity contribution is 0.0898. The summed E-state index contributed by atoms with van der Waals surface area (Å²) in [7, 11) is 1.64. The number of nitrogens with zero attached hydrogens (tertiary/aromatic N) is 1. The van der Waals surface area contributed by atoms with Crippen LogP contribution in [0.5, 0.6) is 5.88 Å². The molecule has 1 aromatic heterocycles. The smallest absolute Gasteiger partial charge is 0.214 e. The Kier molecular flexibility index (Phi) is 2.89. The van der Waals surface area contributed by atoms with Gasteiger partial charge in [-0.05, 0) is 31.2 Å². The first-order chi connectivity index (χ1) is 8.36. The molecule has 1 aliphatic carbocycles. The summed E-state index contributed by atoms with van der Waals surface area (Å²) in [5, 5.41) is 3.47. The summed E-state index contributed by atoms with van der Waals surface area (Å²) in [6.45, 7) is 0.864. The summed E-state index contributed by atoms with van der Waals surface area (Å²) >= 11 is 0. The van der Waals surface area contributed by atoms with Crippen molar-refractivity contribution < 1.29 is 9.47 Å². The molecule has 2 unspecified atom stereocenters. The standard InChI is InChI=1S/C13H18N2O2/c1-16-12-4-2-3-11(15-12)14-10-7-8-17-13(10)9-5-6-9/h2-4,9-10,13H,5-8H2,1H3,(H,14,15). The number of nitrogens with one attached hydrogen (secondary N) is 1. The van der Waals surface area contributed by atoms with Gasteiger partial charge in [0.05, 0.1) is 19.3 Å². The van der Waals surface area contributed by atoms with Gasteiger partial charge in [0.15, 0.2) is 0 Å². The zero-order valence-electron chi connectivity index (χ0n) is 10.1. The van der Waals surface area contributed by atoms with Gasteiger partial charge < -0.3 is 14.8 Å². The maximum absolute atomic E-state index is 5.80. The molecule has 1 aliphatic heterocycles. The molecule has 2 fully saturated rings. The second kappa shape index (κ2) is 4.53. The van der Waals surface area contributed by atoms with Crippen molar-refractivity contribution in [1.82, 2.24) is 4.98 Å². The minimum atomic E-state index is 0.378. The molecule has 1 saturated heterocycles. The predicted molar refractivity (Wildman–Crippen MR) is 65.3 cm³/mol. The maximum atomic E-state index is 5.80. The molecule has 1 aromatic rings. The number of hydrogen-bond acceptors (Lipinski definition) is 4. The molecule has 4 nitrogen and oxygen atoms in total. The summed E-state index contributed by atoms with van der Waals surface area (Å²) < 4.78 is 10.9. The van der Waals surface area contributed by atoms with Gasteiger partial charge >= 0.3 is 0 Å². The molecular weight excluding hydrogens is 216 g/mol. The topological polar surface area (TPSA) is 43.4 Å². The Hall–Kier alpha value is -1.29. The molecule has 1 saturated carbocycles. The third-order valence-electron chi connectivity index (χ3n) is 3.49. The van der Waals surface area contributed by atoms with Crippen LogP contribution in [0.2, 0.25) is 0 Å². The van der Waals surface area contributed by atoms with E-state index in [2.05, 4.69) is 10.3 Å². The fraction of sp³-hybridized carbons (Fsp3) is 0.615. The van der Waals surface area contributed by atoms with E-state index in [1.54, 1.807) is 7.11 Å². The molecule has 2 aliphatic rings. The van der Waals surface area contributed by atoms with Gasteiger partial charge in [0.2, 0.25) is 5.88 Å². The van der Waals surface area contributed by atoms with Gasteiger partial charge in [-0.1, -0.05) is 6.07 Å². The molecule has 17 heavy (non-hydrogen) atoms. The molecule has 2 atom stereocenters. The second-order valence-electron chi connectivity index (χ2n) is 4.78. The molecule has 0 spiro atoms. The predicted octanol–water partition coefficient (Wildman–Crippen LogP) is 2.07. The average Bonchev–Trinajstić information content (AvgIpc) is 3.11. The Morgan fingerprint density at radius 3 is 3.00 bits per heavy atom. The summed E-state index contributed by atoms with van der Waals surface area (Å²) in [4.78, 5) is 4.38. The van der Waals surface area contributed by atoms with Gasteiger partial charge in [0.1, 0.15) is 5.82 Å². The molecule has 1 N–H and O–H groups in total. The third-order valence-corrected chi connectivity index (χ3v) is 3.49. The molecule has 3 rings (SSSR count). The molecule has 2 heterocycles. The van der Waals surface area contributed by atoms with Crippen LogP contribution in [0, 0.1) is 5.92 Å². The zero-order valence-corrected chi connectivity index (χ0v) is 10.1. The average molecular weight is 234 g/mol. The second-order valence-corrected chi connectivity index (χ2v) is 4.78. The van der Waals surface area contributed by atoms with Crippen molar-refractivity contribution in [3.63, 3.8) is 0 Å². The lowest BCUT2D eigenvalue weighted by Gasteiger charge is -2.20. The van der Waals surface area contributed by atoms with Crippen LogP contribution in [0.3, 0.4) is 0 Å². The van der Waals surface area contributed by atoms with E-state index in [9.17, 15) is 0 Å². The number of methoxy groups -OCH3 is 1. The fourth-order valence-corrected chi connectivity index (χ4v) is 2.45. The van der Waals surface area contributed by atoms with Crippen molar-refractivity contribution in [2.75, 3.05) is 19.0 Å². The van der Waals surface area contributed by atoms with E-state index in [4.69, 9.17) is 9.47 Å². The van der Waals surface area contributed by atoms with Gasteiger partial charge in [-0.25, -0.2) is 0 Å². The minimum absolute atomic E-state index is 0.378. The highest BCUT2D eigenvalue weighted by Gasteiger charge is 2.40. The number of anilines is 1. The van der Waals surface area contributed by atoms with E-state index >= 15 is 0 Å². The zero-order chi connectivity index (χ0) is 11.7. The quantitative estimate of drug-likeness (QED) is 0.866. The summed E-state index contributed by atoms with van der Waals surface area (Å²) in [6.07, 6.45) is 4.08. The van der Waals surface area contributed by atoms with Gasteiger partial charge in [-0.15, -0.1) is 0 Å². The molecule has 0 amide bonds. The van der Waals surface area contributed by atoms with Gasteiger partial charge in [0.25, 0.3) is 0 Å². The van der Waals surface area contributed by atoms with Gasteiger partial charge in [-0.2, -0.15) is 4.98 Å². The Balaban J connectivity index is 1.68. The van der Waals surface area contributed by atoms with Crippen molar-refractivity contribution >= 4 is 5.82 Å². The fourth-order valence-electron chi connectivity index (χ4n) is 2.45. The molecule has 0 bridgehead atoms. The van der Waals surface area contributed by atoms with Gasteiger partial charge in [0, 0.05) is 12.7 Å². The highest BCUT2D eigenvalue weighted by atomic mass is 16.5. The van der Waals surface area contributed by atoms with Crippen LogP contribution in [0.25, 0.3) is 0 Å². The van der Waals surface area contributed by atoms with Crippen LogP contribution in [0.4, 0.5) is 5.82 Å². The lowest BCUT2D eigenvalue weighted by Crippen LogP contribution is -2.31. The molecule has 0 aromatic carbocycles. The van der Waals surface area contributed by atoms with Crippen LogP contribution in [0.15, 0.2) is 18.2 Å². The highest BCUT2D eigenvalue weighted by molar-refractivity contribution is 5.38. The summed E-state index contributed by atoms with van der Waals surface area (Å²) in [6, 6.07) is 6.19. The molecule has 92 valence electrons. The van der Waals surface area contributed by atoms with E-state index < -0.39 is 0 Å². The Labute approximate surface area is 101 Å².